The minimum absolute atomic E-state index is 0.0116. The summed E-state index contributed by atoms with van der Waals surface area (Å²) >= 11 is 0. The molecule has 8 heteroatoms. The predicted molar refractivity (Wildman–Crippen MR) is 93.4 cm³/mol. The number of carbonyl (C=O) groups is 2. The zero-order chi connectivity index (χ0) is 19.3. The van der Waals surface area contributed by atoms with Crippen molar-refractivity contribution in [1.82, 2.24) is 4.90 Å². The van der Waals surface area contributed by atoms with E-state index in [1.807, 2.05) is 0 Å². The highest BCUT2D eigenvalue weighted by molar-refractivity contribution is 6.00. The number of aliphatic hydroxyl groups is 1. The van der Waals surface area contributed by atoms with E-state index in [0.717, 1.165) is 12.5 Å². The van der Waals surface area contributed by atoms with E-state index in [1.54, 1.807) is 0 Å². The van der Waals surface area contributed by atoms with E-state index in [1.165, 1.54) is 18.1 Å². The number of hydrogen-bond donors (Lipinski definition) is 2. The Bertz CT molecular complexity index is 707. The molecule has 2 rings (SSSR count). The molecule has 0 aliphatic carbocycles. The number of anilines is 1. The number of nitrogens with zero attached hydrogens (tertiary/aromatic N) is 1. The number of nitrogens with two attached hydrogens (primary N) is 1. The normalized spacial score (nSPS) is 16.4. The lowest BCUT2D eigenvalue weighted by Crippen LogP contribution is -2.36. The van der Waals surface area contributed by atoms with Crippen LogP contribution in [-0.2, 0) is 9.53 Å². The number of halogens is 1. The molecule has 1 aromatic rings. The summed E-state index contributed by atoms with van der Waals surface area (Å²) in [5.41, 5.74) is 5.99. The lowest BCUT2D eigenvalue weighted by Gasteiger charge is -2.24. The Labute approximate surface area is 151 Å². The van der Waals surface area contributed by atoms with Crippen LogP contribution in [0.1, 0.15) is 36.0 Å². The van der Waals surface area contributed by atoms with Crippen molar-refractivity contribution in [3.8, 4) is 5.75 Å². The number of likely N-dealkylation sites (tertiary alicyclic amines) is 1. The maximum atomic E-state index is 14.3. The van der Waals surface area contributed by atoms with Gasteiger partial charge in [0.05, 0.1) is 25.3 Å². The van der Waals surface area contributed by atoms with Gasteiger partial charge in [0.2, 0.25) is 0 Å². The minimum atomic E-state index is -0.723. The summed E-state index contributed by atoms with van der Waals surface area (Å²) in [7, 11) is 1.29. The summed E-state index contributed by atoms with van der Waals surface area (Å²) in [6, 6.07) is 1.79. The molecule has 3 N–H and O–H groups in total. The standard InChI is InChI=1S/C18H23FN2O5/c1-11(22)15-5-3-7-21(15)18(24)12-9-13(19)16(10-14(12)20)26-8-4-6-17(23)25-2/h9-10,15,22H,1,3-8,20H2,2H3/t15-/m0/s1. The summed E-state index contributed by atoms with van der Waals surface area (Å²) in [6.07, 6.45) is 1.84. The topological polar surface area (TPSA) is 102 Å². The van der Waals surface area contributed by atoms with Crippen LogP contribution < -0.4 is 10.5 Å². The van der Waals surface area contributed by atoms with Crippen molar-refractivity contribution in [2.45, 2.75) is 31.7 Å². The van der Waals surface area contributed by atoms with Gasteiger partial charge in [-0.3, -0.25) is 9.59 Å². The number of nitrogen functional groups attached to an aromatic ring is 1. The lowest BCUT2D eigenvalue weighted by atomic mass is 10.1. The van der Waals surface area contributed by atoms with E-state index in [9.17, 15) is 19.1 Å². The average molecular weight is 366 g/mol. The minimum Gasteiger partial charge on any atom is -0.511 e. The molecule has 7 nitrogen and oxygen atoms in total. The van der Waals surface area contributed by atoms with Gasteiger partial charge in [0, 0.05) is 24.7 Å². The zero-order valence-corrected chi connectivity index (χ0v) is 14.7. The van der Waals surface area contributed by atoms with Crippen LogP contribution in [-0.4, -0.2) is 48.2 Å². The van der Waals surface area contributed by atoms with Crippen molar-refractivity contribution in [3.05, 3.63) is 35.9 Å². The average Bonchev–Trinajstić information content (AvgIpc) is 3.10. The Hall–Kier alpha value is -2.77. The fourth-order valence-corrected chi connectivity index (χ4v) is 2.88. The number of methoxy groups -OCH3 is 1. The lowest BCUT2D eigenvalue weighted by molar-refractivity contribution is -0.140. The molecule has 1 heterocycles. The fraction of sp³-hybridized carbons (Fsp3) is 0.444. The molecule has 1 saturated heterocycles. The van der Waals surface area contributed by atoms with Gasteiger partial charge in [0.25, 0.3) is 5.91 Å². The third kappa shape index (κ3) is 4.44. The van der Waals surface area contributed by atoms with Crippen molar-refractivity contribution in [3.63, 3.8) is 0 Å². The molecule has 1 aromatic carbocycles. The van der Waals surface area contributed by atoms with E-state index in [-0.39, 0.29) is 41.8 Å². The van der Waals surface area contributed by atoms with E-state index < -0.39 is 17.8 Å². The van der Waals surface area contributed by atoms with Crippen LogP contribution in [0.4, 0.5) is 10.1 Å². The molecular weight excluding hydrogens is 343 g/mol. The monoisotopic (exact) mass is 366 g/mol. The quantitative estimate of drug-likeness (QED) is 0.333. The molecule has 0 unspecified atom stereocenters. The SMILES string of the molecule is C=C(O)[C@@H]1CCCN1C(=O)c1cc(F)c(OCCCC(=O)OC)cc1N. The molecule has 1 amide bonds. The first kappa shape index (κ1) is 19.6. The van der Waals surface area contributed by atoms with Crippen LogP contribution in [0.25, 0.3) is 0 Å². The second kappa shape index (κ2) is 8.55. The summed E-state index contributed by atoms with van der Waals surface area (Å²) in [6.45, 7) is 4.03. The first-order chi connectivity index (χ1) is 12.3. The Kier molecular flexibility index (Phi) is 6.43. The highest BCUT2D eigenvalue weighted by atomic mass is 19.1. The van der Waals surface area contributed by atoms with E-state index in [0.29, 0.717) is 19.4 Å². The molecule has 0 bridgehead atoms. The van der Waals surface area contributed by atoms with Gasteiger partial charge in [-0.2, -0.15) is 0 Å². The molecule has 142 valence electrons. The number of rotatable bonds is 7. The number of esters is 1. The van der Waals surface area contributed by atoms with Gasteiger partial charge in [-0.15, -0.1) is 0 Å². The largest absolute Gasteiger partial charge is 0.511 e. The van der Waals surface area contributed by atoms with Gasteiger partial charge in [-0.25, -0.2) is 4.39 Å². The Morgan fingerprint density at radius 3 is 2.85 bits per heavy atom. The molecule has 1 atom stereocenters. The number of hydrogen-bond acceptors (Lipinski definition) is 6. The first-order valence-corrected chi connectivity index (χ1v) is 8.32. The molecule has 1 aliphatic rings. The molecule has 0 radical (unpaired) electrons. The number of aliphatic hydroxyl groups excluding tert-OH is 1. The molecule has 26 heavy (non-hydrogen) atoms. The molecule has 1 aliphatic heterocycles. The van der Waals surface area contributed by atoms with Crippen molar-refractivity contribution >= 4 is 17.6 Å². The van der Waals surface area contributed by atoms with Crippen LogP contribution in [0.3, 0.4) is 0 Å². The number of benzene rings is 1. The summed E-state index contributed by atoms with van der Waals surface area (Å²) in [5, 5.41) is 9.62. The highest BCUT2D eigenvalue weighted by Crippen LogP contribution is 2.29. The van der Waals surface area contributed by atoms with Crippen molar-refractivity contribution in [2.24, 2.45) is 0 Å². The van der Waals surface area contributed by atoms with Gasteiger partial charge in [0.1, 0.15) is 5.76 Å². The molecule has 0 spiro atoms. The zero-order valence-electron chi connectivity index (χ0n) is 14.7. The number of carbonyl (C=O) groups excluding carboxylic acids is 2. The van der Waals surface area contributed by atoms with E-state index >= 15 is 0 Å². The van der Waals surface area contributed by atoms with Gasteiger partial charge in [-0.05, 0) is 25.3 Å². The maximum absolute atomic E-state index is 14.3. The summed E-state index contributed by atoms with van der Waals surface area (Å²) in [4.78, 5) is 25.1. The van der Waals surface area contributed by atoms with Crippen molar-refractivity contribution < 1.29 is 28.6 Å². The van der Waals surface area contributed by atoms with Gasteiger partial charge < -0.3 is 25.2 Å². The first-order valence-electron chi connectivity index (χ1n) is 8.32. The molecular formula is C18H23FN2O5. The van der Waals surface area contributed by atoms with Gasteiger partial charge >= 0.3 is 5.97 Å². The van der Waals surface area contributed by atoms with Crippen LogP contribution in [0, 0.1) is 5.82 Å². The Morgan fingerprint density at radius 1 is 1.46 bits per heavy atom. The summed E-state index contributed by atoms with van der Waals surface area (Å²) < 4.78 is 24.1. The maximum Gasteiger partial charge on any atom is 0.305 e. The Morgan fingerprint density at radius 2 is 2.19 bits per heavy atom. The van der Waals surface area contributed by atoms with Gasteiger partial charge in [-0.1, -0.05) is 6.58 Å². The van der Waals surface area contributed by atoms with Crippen molar-refractivity contribution in [1.29, 1.82) is 0 Å². The van der Waals surface area contributed by atoms with Crippen molar-refractivity contribution in [2.75, 3.05) is 26.0 Å². The highest BCUT2D eigenvalue weighted by Gasteiger charge is 2.32. The second-order valence-corrected chi connectivity index (χ2v) is 6.05. The predicted octanol–water partition coefficient (Wildman–Crippen LogP) is 2.42. The third-order valence-electron chi connectivity index (χ3n) is 4.24. The third-order valence-corrected chi connectivity index (χ3v) is 4.24. The number of amides is 1. The van der Waals surface area contributed by atoms with Crippen LogP contribution in [0.2, 0.25) is 0 Å². The fourth-order valence-electron chi connectivity index (χ4n) is 2.88. The van der Waals surface area contributed by atoms with Crippen LogP contribution in [0.5, 0.6) is 5.75 Å². The van der Waals surface area contributed by atoms with E-state index in [4.69, 9.17) is 10.5 Å². The smallest absolute Gasteiger partial charge is 0.305 e. The molecule has 0 saturated carbocycles. The second-order valence-electron chi connectivity index (χ2n) is 6.05. The van der Waals surface area contributed by atoms with Crippen LogP contribution in [0.15, 0.2) is 24.5 Å². The van der Waals surface area contributed by atoms with E-state index in [2.05, 4.69) is 11.3 Å². The van der Waals surface area contributed by atoms with Crippen LogP contribution >= 0.6 is 0 Å². The van der Waals surface area contributed by atoms with Gasteiger partial charge in [0.15, 0.2) is 11.6 Å². The Balaban J connectivity index is 2.07. The molecule has 1 fully saturated rings. The number of ether oxygens (including phenoxy) is 2. The summed E-state index contributed by atoms with van der Waals surface area (Å²) in [5.74, 6) is -1.75. The molecule has 0 aromatic heterocycles.